The Morgan fingerprint density at radius 2 is 1.86 bits per heavy atom. The minimum absolute atomic E-state index is 0.0725. The topological polar surface area (TPSA) is 58.4 Å². The molecule has 1 aliphatic heterocycles. The number of aliphatic hydroxyl groups is 1. The van der Waals surface area contributed by atoms with E-state index in [4.69, 9.17) is 0 Å². The van der Waals surface area contributed by atoms with Gasteiger partial charge >= 0.3 is 0 Å². The molecule has 2 unspecified atom stereocenters. The van der Waals surface area contributed by atoms with Gasteiger partial charge in [-0.1, -0.05) is 0 Å². The van der Waals surface area contributed by atoms with Crippen LogP contribution in [0.2, 0.25) is 0 Å². The fraction of sp³-hybridized carbons (Fsp3) is 0.500. The van der Waals surface area contributed by atoms with Crippen LogP contribution in [-0.4, -0.2) is 32.8 Å². The normalized spacial score (nSPS) is 23.1. The van der Waals surface area contributed by atoms with Crippen LogP contribution in [-0.2, 0) is 7.05 Å². The molecular formula is C16H21N3O2. The van der Waals surface area contributed by atoms with Gasteiger partial charge in [-0.05, 0) is 57.0 Å². The summed E-state index contributed by atoms with van der Waals surface area (Å²) in [6.07, 6.45) is 0.949. The Labute approximate surface area is 123 Å². The number of nitrogens with zero attached hydrogens (tertiary/aromatic N) is 3. The summed E-state index contributed by atoms with van der Waals surface area (Å²) in [6, 6.07) is 3.93. The molecule has 1 N–H and O–H groups in total. The third kappa shape index (κ3) is 2.17. The van der Waals surface area contributed by atoms with Gasteiger partial charge < -0.3 is 9.67 Å². The molecule has 1 saturated heterocycles. The predicted molar refractivity (Wildman–Crippen MR) is 82.2 cm³/mol. The number of likely N-dealkylation sites (tertiary alicyclic amines) is 1. The molecule has 1 aromatic carbocycles. The van der Waals surface area contributed by atoms with E-state index in [0.29, 0.717) is 12.1 Å². The molecule has 2 aromatic rings. The van der Waals surface area contributed by atoms with Gasteiger partial charge in [0.1, 0.15) is 11.9 Å². The lowest BCUT2D eigenvalue weighted by atomic mass is 10.1. The molecule has 1 aromatic heterocycles. The zero-order valence-corrected chi connectivity index (χ0v) is 12.9. The smallest absolute Gasteiger partial charge is 0.274 e. The lowest BCUT2D eigenvalue weighted by Crippen LogP contribution is -2.33. The van der Waals surface area contributed by atoms with Crippen molar-refractivity contribution in [3.05, 3.63) is 39.3 Å². The van der Waals surface area contributed by atoms with E-state index in [9.17, 15) is 9.90 Å². The maximum atomic E-state index is 12.6. The highest BCUT2D eigenvalue weighted by atomic mass is 16.3. The van der Waals surface area contributed by atoms with Crippen molar-refractivity contribution in [3.8, 4) is 0 Å². The minimum Gasteiger partial charge on any atom is -0.378 e. The largest absolute Gasteiger partial charge is 0.378 e. The number of hydrogen-bond acceptors (Lipinski definition) is 4. The summed E-state index contributed by atoms with van der Waals surface area (Å²) in [5.74, 6) is 0. The molecule has 0 spiro atoms. The summed E-state index contributed by atoms with van der Waals surface area (Å²) < 4.78 is 1.67. The number of aromatic nitrogens is 2. The maximum absolute atomic E-state index is 12.6. The Morgan fingerprint density at radius 3 is 2.48 bits per heavy atom. The van der Waals surface area contributed by atoms with Gasteiger partial charge in [0.25, 0.3) is 5.56 Å². The molecule has 0 saturated carbocycles. The summed E-state index contributed by atoms with van der Waals surface area (Å²) in [5, 5.41) is 9.87. The van der Waals surface area contributed by atoms with E-state index in [1.807, 2.05) is 37.9 Å². The number of hydrogen-bond donors (Lipinski definition) is 1. The van der Waals surface area contributed by atoms with Crippen molar-refractivity contribution in [1.82, 2.24) is 14.5 Å². The van der Waals surface area contributed by atoms with Crippen molar-refractivity contribution in [1.29, 1.82) is 0 Å². The van der Waals surface area contributed by atoms with Gasteiger partial charge in [-0.2, -0.15) is 0 Å². The van der Waals surface area contributed by atoms with Gasteiger partial charge in [-0.15, -0.1) is 0 Å². The van der Waals surface area contributed by atoms with Gasteiger partial charge in [0.15, 0.2) is 0 Å². The Balaban J connectivity index is 2.23. The van der Waals surface area contributed by atoms with Crippen molar-refractivity contribution >= 4 is 11.0 Å². The highest BCUT2D eigenvalue weighted by Gasteiger charge is 2.33. The van der Waals surface area contributed by atoms with Crippen LogP contribution in [0.1, 0.15) is 35.7 Å². The second-order valence-electron chi connectivity index (χ2n) is 6.03. The molecule has 21 heavy (non-hydrogen) atoms. The van der Waals surface area contributed by atoms with E-state index in [1.165, 1.54) is 5.56 Å². The van der Waals surface area contributed by atoms with E-state index in [-0.39, 0.29) is 11.6 Å². The van der Waals surface area contributed by atoms with Gasteiger partial charge in [-0.3, -0.25) is 9.69 Å². The molecule has 1 aliphatic rings. The fourth-order valence-corrected chi connectivity index (χ4v) is 3.07. The lowest BCUT2D eigenvalue weighted by molar-refractivity contribution is 0.0363. The molecule has 2 atom stereocenters. The minimum atomic E-state index is -0.489. The number of fused-ring (bicyclic) bond motifs is 1. The van der Waals surface area contributed by atoms with Gasteiger partial charge in [0.2, 0.25) is 0 Å². The summed E-state index contributed by atoms with van der Waals surface area (Å²) in [5.41, 5.74) is 4.47. The SMILES string of the molecule is Cc1cc2nc(C3CCC(O)N3C)c(=O)n(C)c2cc1C. The zero-order chi connectivity index (χ0) is 15.3. The summed E-state index contributed by atoms with van der Waals surface area (Å²) in [6.45, 7) is 4.08. The number of rotatable bonds is 1. The van der Waals surface area contributed by atoms with Gasteiger partial charge in [0, 0.05) is 7.05 Å². The summed E-state index contributed by atoms with van der Waals surface area (Å²) in [4.78, 5) is 19.1. The average molecular weight is 287 g/mol. The maximum Gasteiger partial charge on any atom is 0.274 e. The Kier molecular flexibility index (Phi) is 3.34. The van der Waals surface area contributed by atoms with Crippen molar-refractivity contribution in [2.75, 3.05) is 7.05 Å². The van der Waals surface area contributed by atoms with Crippen LogP contribution in [0.15, 0.2) is 16.9 Å². The summed E-state index contributed by atoms with van der Waals surface area (Å²) >= 11 is 0. The highest BCUT2D eigenvalue weighted by molar-refractivity contribution is 5.76. The number of aryl methyl sites for hydroxylation is 3. The molecular weight excluding hydrogens is 266 g/mol. The molecule has 3 rings (SSSR count). The third-order valence-corrected chi connectivity index (χ3v) is 4.69. The van der Waals surface area contributed by atoms with E-state index in [0.717, 1.165) is 23.0 Å². The third-order valence-electron chi connectivity index (χ3n) is 4.69. The van der Waals surface area contributed by atoms with Crippen molar-refractivity contribution in [2.45, 2.75) is 39.0 Å². The second-order valence-corrected chi connectivity index (χ2v) is 6.03. The molecule has 0 aliphatic carbocycles. The Morgan fingerprint density at radius 1 is 1.19 bits per heavy atom. The van der Waals surface area contributed by atoms with E-state index in [1.54, 1.807) is 11.6 Å². The van der Waals surface area contributed by atoms with Crippen LogP contribution in [0.3, 0.4) is 0 Å². The van der Waals surface area contributed by atoms with E-state index in [2.05, 4.69) is 4.98 Å². The molecule has 5 heteroatoms. The second kappa shape index (κ2) is 4.93. The first-order chi connectivity index (χ1) is 9.90. The molecule has 5 nitrogen and oxygen atoms in total. The van der Waals surface area contributed by atoms with Crippen LogP contribution in [0.5, 0.6) is 0 Å². The predicted octanol–water partition coefficient (Wildman–Crippen LogP) is 1.64. The van der Waals surface area contributed by atoms with Gasteiger partial charge in [0.05, 0.1) is 17.1 Å². The van der Waals surface area contributed by atoms with Crippen LogP contribution in [0.4, 0.5) is 0 Å². The molecule has 0 bridgehead atoms. The van der Waals surface area contributed by atoms with Crippen LogP contribution >= 0.6 is 0 Å². The fourth-order valence-electron chi connectivity index (χ4n) is 3.07. The standard InChI is InChI=1S/C16H21N3O2/c1-9-7-11-13(8-10(9)2)19(4)16(21)15(17-11)12-5-6-14(20)18(12)3/h7-8,12,14,20H,5-6H2,1-4H3. The quantitative estimate of drug-likeness (QED) is 0.866. The monoisotopic (exact) mass is 287 g/mol. The van der Waals surface area contributed by atoms with E-state index < -0.39 is 6.23 Å². The molecule has 0 radical (unpaired) electrons. The molecule has 1 fully saturated rings. The number of benzene rings is 1. The first kappa shape index (κ1) is 14.2. The van der Waals surface area contributed by atoms with E-state index >= 15 is 0 Å². The van der Waals surface area contributed by atoms with Crippen LogP contribution in [0.25, 0.3) is 11.0 Å². The summed E-state index contributed by atoms with van der Waals surface area (Å²) in [7, 11) is 3.63. The van der Waals surface area contributed by atoms with Crippen molar-refractivity contribution < 1.29 is 5.11 Å². The number of aliphatic hydroxyl groups excluding tert-OH is 1. The first-order valence-corrected chi connectivity index (χ1v) is 7.28. The molecule has 2 heterocycles. The Hall–Kier alpha value is -1.72. The lowest BCUT2D eigenvalue weighted by Gasteiger charge is -2.22. The van der Waals surface area contributed by atoms with Crippen LogP contribution in [0, 0.1) is 13.8 Å². The van der Waals surface area contributed by atoms with Crippen molar-refractivity contribution in [3.63, 3.8) is 0 Å². The Bertz CT molecular complexity index is 766. The van der Waals surface area contributed by atoms with Crippen molar-refractivity contribution in [2.24, 2.45) is 7.05 Å². The first-order valence-electron chi connectivity index (χ1n) is 7.28. The van der Waals surface area contributed by atoms with Crippen LogP contribution < -0.4 is 5.56 Å². The average Bonchev–Trinajstić information content (AvgIpc) is 2.77. The van der Waals surface area contributed by atoms with Gasteiger partial charge in [-0.25, -0.2) is 4.98 Å². The highest BCUT2D eigenvalue weighted by Crippen LogP contribution is 2.31. The molecule has 112 valence electrons. The zero-order valence-electron chi connectivity index (χ0n) is 12.9. The molecule has 0 amide bonds.